The smallest absolute Gasteiger partial charge is 0.305 e. The Morgan fingerprint density at radius 1 is 0.868 bits per heavy atom. The highest BCUT2D eigenvalue weighted by atomic mass is 31.2. The molecule has 0 radical (unpaired) electrons. The van der Waals surface area contributed by atoms with E-state index < -0.39 is 32.5 Å². The van der Waals surface area contributed by atoms with Crippen LogP contribution in [0.15, 0.2) is 24.3 Å². The van der Waals surface area contributed by atoms with Crippen molar-refractivity contribution in [2.24, 2.45) is 0 Å². The van der Waals surface area contributed by atoms with Crippen LogP contribution < -0.4 is 4.89 Å². The Morgan fingerprint density at radius 2 is 1.47 bits per heavy atom. The van der Waals surface area contributed by atoms with Crippen molar-refractivity contribution < 1.29 is 42.1 Å². The van der Waals surface area contributed by atoms with Gasteiger partial charge in [-0.1, -0.05) is 63.3 Å². The SMILES string of the molecule is CCCCC/C=C\C/C=C\CCCCCCCC(=O)OCC(COP(=O)([O-])OCC[N+](C)(C)C)OC(C)=O. The average molecular weight is 562 g/mol. The Morgan fingerprint density at radius 3 is 2.08 bits per heavy atom. The second-order valence-corrected chi connectivity index (χ2v) is 11.9. The van der Waals surface area contributed by atoms with Gasteiger partial charge < -0.3 is 27.9 Å². The minimum Gasteiger partial charge on any atom is -0.756 e. The van der Waals surface area contributed by atoms with Gasteiger partial charge >= 0.3 is 11.9 Å². The van der Waals surface area contributed by atoms with E-state index >= 15 is 0 Å². The summed E-state index contributed by atoms with van der Waals surface area (Å²) < 4.78 is 32.3. The molecule has 0 spiro atoms. The van der Waals surface area contributed by atoms with Crippen LogP contribution in [0.25, 0.3) is 0 Å². The molecule has 0 amide bonds. The number of unbranched alkanes of at least 4 members (excludes halogenated alkanes) is 8. The number of carbonyl (C=O) groups excluding carboxylic acids is 2. The first-order valence-corrected chi connectivity index (χ1v) is 15.4. The zero-order chi connectivity index (χ0) is 28.7. The van der Waals surface area contributed by atoms with Crippen LogP contribution in [0.5, 0.6) is 0 Å². The molecule has 2 unspecified atom stereocenters. The number of allylic oxidation sites excluding steroid dienone is 4. The van der Waals surface area contributed by atoms with Crippen molar-refractivity contribution in [3.05, 3.63) is 24.3 Å². The maximum atomic E-state index is 12.0. The summed E-state index contributed by atoms with van der Waals surface area (Å²) in [4.78, 5) is 35.3. The molecular formula is C28H52NO8P. The summed E-state index contributed by atoms with van der Waals surface area (Å²) in [5.41, 5.74) is 0. The van der Waals surface area contributed by atoms with E-state index in [0.717, 1.165) is 38.5 Å². The van der Waals surface area contributed by atoms with Gasteiger partial charge in [-0.25, -0.2) is 0 Å². The highest BCUT2D eigenvalue weighted by molar-refractivity contribution is 7.45. The van der Waals surface area contributed by atoms with Gasteiger partial charge in [0.2, 0.25) is 0 Å². The van der Waals surface area contributed by atoms with Crippen molar-refractivity contribution in [3.8, 4) is 0 Å². The lowest BCUT2D eigenvalue weighted by Gasteiger charge is -2.28. The molecule has 0 saturated carbocycles. The first-order valence-electron chi connectivity index (χ1n) is 14.0. The van der Waals surface area contributed by atoms with Gasteiger partial charge in [0.05, 0.1) is 27.7 Å². The van der Waals surface area contributed by atoms with Crippen LogP contribution in [0.4, 0.5) is 0 Å². The van der Waals surface area contributed by atoms with Crippen LogP contribution in [-0.2, 0) is 32.7 Å². The Balaban J connectivity index is 3.99. The van der Waals surface area contributed by atoms with Crippen molar-refractivity contribution in [2.45, 2.75) is 97.0 Å². The van der Waals surface area contributed by atoms with Crippen molar-refractivity contribution >= 4 is 19.8 Å². The number of ether oxygens (including phenoxy) is 2. The lowest BCUT2D eigenvalue weighted by molar-refractivity contribution is -0.870. The standard InChI is InChI=1S/C28H52NO8P/c1-6-7-8-9-10-11-12-13-14-15-16-17-18-19-20-21-28(31)34-24-27(37-26(2)30)25-36-38(32,33)35-23-22-29(3,4)5/h10-11,13-14,27H,6-9,12,15-25H2,1-5H3/b11-10-,14-13-. The van der Waals surface area contributed by atoms with Crippen molar-refractivity contribution in [1.29, 1.82) is 0 Å². The number of esters is 2. The Labute approximate surface area is 230 Å². The molecule has 10 heteroatoms. The Bertz CT molecular complexity index is 733. The van der Waals surface area contributed by atoms with E-state index in [0.29, 0.717) is 17.4 Å². The van der Waals surface area contributed by atoms with Gasteiger partial charge in [0.15, 0.2) is 6.10 Å². The Hall–Kier alpha value is -1.51. The number of phosphoric ester groups is 1. The molecule has 0 bridgehead atoms. The topological polar surface area (TPSA) is 111 Å². The summed E-state index contributed by atoms with van der Waals surface area (Å²) in [6.45, 7) is 3.07. The first kappa shape index (κ1) is 36.5. The monoisotopic (exact) mass is 561 g/mol. The Kier molecular flexibility index (Phi) is 21.4. The summed E-state index contributed by atoms with van der Waals surface area (Å²) in [6.07, 6.45) is 20.2. The van der Waals surface area contributed by atoms with Gasteiger partial charge in [-0.15, -0.1) is 0 Å². The lowest BCUT2D eigenvalue weighted by atomic mass is 10.1. The minimum atomic E-state index is -4.57. The van der Waals surface area contributed by atoms with E-state index in [1.165, 1.54) is 32.6 Å². The summed E-state index contributed by atoms with van der Waals surface area (Å²) >= 11 is 0. The second-order valence-electron chi connectivity index (χ2n) is 10.5. The zero-order valence-electron chi connectivity index (χ0n) is 24.4. The summed E-state index contributed by atoms with van der Waals surface area (Å²) in [5.74, 6) is -1.05. The molecule has 38 heavy (non-hydrogen) atoms. The number of hydrogen-bond donors (Lipinski definition) is 0. The second kappa shape index (κ2) is 22.3. The number of quaternary nitrogens is 1. The van der Waals surface area contributed by atoms with E-state index in [1.54, 1.807) is 0 Å². The predicted molar refractivity (Wildman–Crippen MR) is 148 cm³/mol. The fraction of sp³-hybridized carbons (Fsp3) is 0.786. The van der Waals surface area contributed by atoms with Gasteiger partial charge in [-0.2, -0.15) is 0 Å². The fourth-order valence-electron chi connectivity index (χ4n) is 3.33. The van der Waals surface area contributed by atoms with E-state index in [9.17, 15) is 19.0 Å². The number of carbonyl (C=O) groups is 2. The molecule has 0 aromatic rings. The van der Waals surface area contributed by atoms with Crippen LogP contribution in [0, 0.1) is 0 Å². The maximum absolute atomic E-state index is 12.0. The normalized spacial score (nSPS) is 14.6. The van der Waals surface area contributed by atoms with E-state index in [1.807, 2.05) is 21.1 Å². The van der Waals surface area contributed by atoms with Gasteiger partial charge in [-0.3, -0.25) is 14.2 Å². The van der Waals surface area contributed by atoms with Crippen LogP contribution in [0.3, 0.4) is 0 Å². The van der Waals surface area contributed by atoms with Crippen LogP contribution in [0.1, 0.15) is 90.9 Å². The van der Waals surface area contributed by atoms with Crippen molar-refractivity contribution in [3.63, 3.8) is 0 Å². The maximum Gasteiger partial charge on any atom is 0.305 e. The van der Waals surface area contributed by atoms with Crippen LogP contribution in [0.2, 0.25) is 0 Å². The number of rotatable bonds is 24. The number of nitrogens with zero attached hydrogens (tertiary/aromatic N) is 1. The van der Waals surface area contributed by atoms with Crippen molar-refractivity contribution in [1.82, 2.24) is 0 Å². The minimum absolute atomic E-state index is 0.0367. The molecule has 0 aromatic carbocycles. The molecule has 0 rings (SSSR count). The van der Waals surface area contributed by atoms with Crippen LogP contribution in [-0.4, -0.2) is 70.0 Å². The van der Waals surface area contributed by atoms with Crippen LogP contribution >= 0.6 is 7.82 Å². The number of likely N-dealkylation sites (N-methyl/N-ethyl adjacent to an activating group) is 1. The van der Waals surface area contributed by atoms with Gasteiger partial charge in [0.1, 0.15) is 19.8 Å². The lowest BCUT2D eigenvalue weighted by Crippen LogP contribution is -2.37. The predicted octanol–water partition coefficient (Wildman–Crippen LogP) is 5.48. The molecule has 2 atom stereocenters. The molecule has 0 saturated heterocycles. The molecule has 9 nitrogen and oxygen atoms in total. The quantitative estimate of drug-likeness (QED) is 0.0501. The summed E-state index contributed by atoms with van der Waals surface area (Å²) in [5, 5.41) is 0. The third-order valence-corrected chi connectivity index (χ3v) is 6.49. The molecular weight excluding hydrogens is 509 g/mol. The molecule has 0 heterocycles. The highest BCUT2D eigenvalue weighted by Crippen LogP contribution is 2.38. The third kappa shape index (κ3) is 26.1. The molecule has 222 valence electrons. The summed E-state index contributed by atoms with van der Waals surface area (Å²) in [6, 6.07) is 0. The van der Waals surface area contributed by atoms with Gasteiger partial charge in [0, 0.05) is 13.3 Å². The molecule has 0 aliphatic heterocycles. The fourth-order valence-corrected chi connectivity index (χ4v) is 4.06. The molecule has 0 N–H and O–H groups in total. The molecule has 0 fully saturated rings. The first-order chi connectivity index (χ1) is 17.9. The van der Waals surface area contributed by atoms with Gasteiger partial charge in [-0.05, 0) is 38.5 Å². The van der Waals surface area contributed by atoms with Crippen molar-refractivity contribution in [2.75, 3.05) is 47.5 Å². The molecule has 0 aliphatic rings. The van der Waals surface area contributed by atoms with E-state index in [-0.39, 0.29) is 19.6 Å². The van der Waals surface area contributed by atoms with Gasteiger partial charge in [0.25, 0.3) is 7.82 Å². The largest absolute Gasteiger partial charge is 0.756 e. The molecule has 0 aliphatic carbocycles. The van der Waals surface area contributed by atoms with E-state index in [2.05, 4.69) is 31.2 Å². The average Bonchev–Trinajstić information content (AvgIpc) is 2.82. The number of phosphoric acid groups is 1. The highest BCUT2D eigenvalue weighted by Gasteiger charge is 2.20. The third-order valence-electron chi connectivity index (χ3n) is 5.52. The number of hydrogen-bond acceptors (Lipinski definition) is 8. The van der Waals surface area contributed by atoms with E-state index in [4.69, 9.17) is 18.5 Å². The zero-order valence-corrected chi connectivity index (χ0v) is 25.3. The molecule has 0 aromatic heterocycles. The summed E-state index contributed by atoms with van der Waals surface area (Å²) in [7, 11) is 1.14.